The van der Waals surface area contributed by atoms with Crippen LogP contribution < -0.4 is 0 Å². The van der Waals surface area contributed by atoms with E-state index in [2.05, 4.69) is 27.7 Å². The summed E-state index contributed by atoms with van der Waals surface area (Å²) in [5.74, 6) is 0. The van der Waals surface area contributed by atoms with Crippen LogP contribution in [0.15, 0.2) is 0 Å². The first-order valence-electron chi connectivity index (χ1n) is 3.85. The maximum absolute atomic E-state index is 3.81. The summed E-state index contributed by atoms with van der Waals surface area (Å²) in [6.07, 6.45) is 5.06. The van der Waals surface area contributed by atoms with Gasteiger partial charge < -0.3 is 6.92 Å². The second-order valence-electron chi connectivity index (χ2n) is 3.87. The lowest BCUT2D eigenvalue weighted by Crippen LogP contribution is -2.03. The summed E-state index contributed by atoms with van der Waals surface area (Å²) in [5.41, 5.74) is 0.523. The summed E-state index contributed by atoms with van der Waals surface area (Å²) in [5, 5.41) is 0. The lowest BCUT2D eigenvalue weighted by atomic mass is 9.90. The molecule has 0 radical (unpaired) electrons. The third-order valence-corrected chi connectivity index (χ3v) is 1.43. The Balaban J connectivity index is 3.07. The smallest absolute Gasteiger partial charge is 0.0383 e. The fourth-order valence-corrected chi connectivity index (χ4v) is 0.832. The Morgan fingerprint density at radius 2 is 1.67 bits per heavy atom. The predicted molar refractivity (Wildman–Crippen MR) is 43.3 cm³/mol. The van der Waals surface area contributed by atoms with E-state index < -0.39 is 0 Å². The Morgan fingerprint density at radius 1 is 1.11 bits per heavy atom. The van der Waals surface area contributed by atoms with Crippen molar-refractivity contribution in [3.8, 4) is 0 Å². The van der Waals surface area contributed by atoms with Crippen LogP contribution in [-0.4, -0.2) is 0 Å². The lowest BCUT2D eigenvalue weighted by Gasteiger charge is -2.17. The summed E-state index contributed by atoms with van der Waals surface area (Å²) in [4.78, 5) is 0. The van der Waals surface area contributed by atoms with Crippen molar-refractivity contribution in [3.63, 3.8) is 0 Å². The van der Waals surface area contributed by atoms with Crippen LogP contribution >= 0.6 is 0 Å². The molecule has 0 fully saturated rings. The Morgan fingerprint density at radius 3 is 2.00 bits per heavy atom. The van der Waals surface area contributed by atoms with Crippen LogP contribution in [0.4, 0.5) is 0 Å². The number of hydrogen-bond acceptors (Lipinski definition) is 0. The fourth-order valence-electron chi connectivity index (χ4n) is 0.832. The molecule has 0 aromatic carbocycles. The molecule has 0 heteroatoms. The summed E-state index contributed by atoms with van der Waals surface area (Å²) >= 11 is 0. The second kappa shape index (κ2) is 3.92. The van der Waals surface area contributed by atoms with E-state index in [0.29, 0.717) is 5.41 Å². The van der Waals surface area contributed by atoms with Crippen LogP contribution in [0.1, 0.15) is 46.5 Å². The highest BCUT2D eigenvalue weighted by molar-refractivity contribution is 4.60. The molecule has 9 heavy (non-hydrogen) atoms. The molecule has 0 aliphatic heterocycles. The average molecular weight is 127 g/mol. The molecule has 0 unspecified atom stereocenters. The van der Waals surface area contributed by atoms with E-state index in [-0.39, 0.29) is 0 Å². The third-order valence-electron chi connectivity index (χ3n) is 1.43. The van der Waals surface area contributed by atoms with E-state index in [1.807, 2.05) is 0 Å². The van der Waals surface area contributed by atoms with Gasteiger partial charge in [-0.3, -0.25) is 0 Å². The van der Waals surface area contributed by atoms with E-state index in [9.17, 15) is 0 Å². The summed E-state index contributed by atoms with van der Waals surface area (Å²) in [6.45, 7) is 10.7. The zero-order chi connectivity index (χ0) is 7.33. The van der Waals surface area contributed by atoms with Gasteiger partial charge in [0.05, 0.1) is 0 Å². The first-order chi connectivity index (χ1) is 4.06. The highest BCUT2D eigenvalue weighted by Crippen LogP contribution is 2.21. The van der Waals surface area contributed by atoms with Crippen LogP contribution in [0, 0.1) is 12.3 Å². The molecular weight excluding hydrogens is 108 g/mol. The SMILES string of the molecule is [CH2-]CCCCC(C)(C)C. The van der Waals surface area contributed by atoms with Crippen LogP contribution in [0.2, 0.25) is 0 Å². The lowest BCUT2D eigenvalue weighted by molar-refractivity contribution is 0.361. The molecule has 0 spiro atoms. The molecule has 0 heterocycles. The van der Waals surface area contributed by atoms with Gasteiger partial charge in [-0.15, -0.1) is 0 Å². The van der Waals surface area contributed by atoms with Crippen molar-refractivity contribution in [2.75, 3.05) is 0 Å². The Hall–Kier alpha value is 0. The molecule has 0 atom stereocenters. The van der Waals surface area contributed by atoms with Crippen LogP contribution in [0.5, 0.6) is 0 Å². The van der Waals surface area contributed by atoms with E-state index in [1.165, 1.54) is 19.3 Å². The molecule has 0 bridgehead atoms. The highest BCUT2D eigenvalue weighted by Gasteiger charge is 2.07. The molecule has 0 aliphatic rings. The predicted octanol–water partition coefficient (Wildman–Crippen LogP) is 3.43. The van der Waals surface area contributed by atoms with E-state index in [0.717, 1.165) is 6.42 Å². The number of hydrogen-bond donors (Lipinski definition) is 0. The first kappa shape index (κ1) is 9.00. The maximum Gasteiger partial charge on any atom is -0.0383 e. The highest BCUT2D eigenvalue weighted by atomic mass is 14.1. The van der Waals surface area contributed by atoms with Crippen molar-refractivity contribution in [3.05, 3.63) is 6.92 Å². The van der Waals surface area contributed by atoms with Crippen molar-refractivity contribution in [2.24, 2.45) is 5.41 Å². The van der Waals surface area contributed by atoms with Gasteiger partial charge in [-0.1, -0.05) is 33.6 Å². The van der Waals surface area contributed by atoms with Crippen LogP contribution in [0.25, 0.3) is 0 Å². The molecule has 0 aliphatic carbocycles. The normalized spacial score (nSPS) is 12.0. The van der Waals surface area contributed by atoms with Gasteiger partial charge in [0, 0.05) is 0 Å². The van der Waals surface area contributed by atoms with Crippen molar-refractivity contribution >= 4 is 0 Å². The van der Waals surface area contributed by atoms with Crippen molar-refractivity contribution in [1.82, 2.24) is 0 Å². The van der Waals surface area contributed by atoms with Gasteiger partial charge in [0.1, 0.15) is 0 Å². The average Bonchev–Trinajstić information content (AvgIpc) is 1.63. The van der Waals surface area contributed by atoms with Gasteiger partial charge >= 0.3 is 0 Å². The standard InChI is InChI=1S/C9H19/c1-5-6-7-8-9(2,3)4/h1,5-8H2,2-4H3/q-1. The van der Waals surface area contributed by atoms with Gasteiger partial charge in [0.25, 0.3) is 0 Å². The van der Waals surface area contributed by atoms with Crippen molar-refractivity contribution in [1.29, 1.82) is 0 Å². The van der Waals surface area contributed by atoms with Gasteiger partial charge in [0.15, 0.2) is 0 Å². The van der Waals surface area contributed by atoms with Crippen LogP contribution in [-0.2, 0) is 0 Å². The zero-order valence-electron chi connectivity index (χ0n) is 7.04. The molecule has 0 N–H and O–H groups in total. The summed E-state index contributed by atoms with van der Waals surface area (Å²) in [7, 11) is 0. The monoisotopic (exact) mass is 127 g/mol. The van der Waals surface area contributed by atoms with E-state index in [1.54, 1.807) is 0 Å². The molecule has 0 saturated carbocycles. The topological polar surface area (TPSA) is 0 Å². The molecule has 0 aromatic heterocycles. The largest absolute Gasteiger partial charge is 0.343 e. The fraction of sp³-hybridized carbons (Fsp3) is 0.889. The molecule has 0 aromatic rings. The third kappa shape index (κ3) is 8.00. The van der Waals surface area contributed by atoms with Gasteiger partial charge in [-0.2, -0.15) is 6.42 Å². The zero-order valence-corrected chi connectivity index (χ0v) is 7.04. The van der Waals surface area contributed by atoms with Gasteiger partial charge in [-0.05, 0) is 11.8 Å². The number of rotatable bonds is 3. The Kier molecular flexibility index (Phi) is 3.92. The minimum atomic E-state index is 0.523. The minimum Gasteiger partial charge on any atom is -0.343 e. The molecule has 0 saturated heterocycles. The van der Waals surface area contributed by atoms with Crippen molar-refractivity contribution in [2.45, 2.75) is 46.5 Å². The van der Waals surface area contributed by atoms with Gasteiger partial charge in [0.2, 0.25) is 0 Å². The van der Waals surface area contributed by atoms with Crippen molar-refractivity contribution < 1.29 is 0 Å². The summed E-state index contributed by atoms with van der Waals surface area (Å²) in [6, 6.07) is 0. The number of unbranched alkanes of at least 4 members (excludes halogenated alkanes) is 2. The first-order valence-corrected chi connectivity index (χ1v) is 3.85. The quantitative estimate of drug-likeness (QED) is 0.402. The molecule has 0 amide bonds. The van der Waals surface area contributed by atoms with E-state index >= 15 is 0 Å². The van der Waals surface area contributed by atoms with E-state index in [4.69, 9.17) is 0 Å². The molecule has 0 nitrogen and oxygen atoms in total. The second-order valence-corrected chi connectivity index (χ2v) is 3.87. The molecule has 0 rings (SSSR count). The molecule has 56 valence electrons. The summed E-state index contributed by atoms with van der Waals surface area (Å²) < 4.78 is 0. The molecular formula is C9H19-. The Labute approximate surface area is 59.7 Å². The maximum atomic E-state index is 3.81. The minimum absolute atomic E-state index is 0.523. The van der Waals surface area contributed by atoms with Gasteiger partial charge in [-0.25, -0.2) is 0 Å². The Bertz CT molecular complexity index is 56.9. The van der Waals surface area contributed by atoms with Crippen LogP contribution in [0.3, 0.4) is 0 Å².